The Balaban J connectivity index is 0.923. The van der Waals surface area contributed by atoms with E-state index >= 15 is 0 Å². The van der Waals surface area contributed by atoms with Crippen LogP contribution in [0.5, 0.6) is 0 Å². The molecule has 6 rings (SSSR count). The van der Waals surface area contributed by atoms with Crippen molar-refractivity contribution in [1.82, 2.24) is 14.7 Å². The number of likely N-dealkylation sites (tertiary alicyclic amines) is 2. The monoisotopic (exact) mass is 729 g/mol. The lowest BCUT2D eigenvalue weighted by Gasteiger charge is -2.38. The lowest BCUT2D eigenvalue weighted by atomic mass is 9.80. The molecule has 0 radical (unpaired) electrons. The predicted octanol–water partition coefficient (Wildman–Crippen LogP) is 6.78. The van der Waals surface area contributed by atoms with Gasteiger partial charge in [0, 0.05) is 58.0 Å². The van der Waals surface area contributed by atoms with Crippen LogP contribution in [0, 0.1) is 11.8 Å². The molecule has 1 spiro atoms. The van der Waals surface area contributed by atoms with Gasteiger partial charge < -0.3 is 14.5 Å². The van der Waals surface area contributed by atoms with Gasteiger partial charge in [0.25, 0.3) is 0 Å². The fraction of sp³-hybridized carbons (Fsp3) is 0.600. The van der Waals surface area contributed by atoms with Crippen LogP contribution in [0.2, 0.25) is 0 Å². The predicted molar refractivity (Wildman–Crippen MR) is 170 cm³/mol. The fourth-order valence-electron chi connectivity index (χ4n) is 7.84. The van der Waals surface area contributed by atoms with Crippen molar-refractivity contribution in [1.29, 1.82) is 0 Å². The highest BCUT2D eigenvalue weighted by Crippen LogP contribution is 2.38. The van der Waals surface area contributed by atoms with Crippen LogP contribution >= 0.6 is 0 Å². The molecule has 3 aliphatic heterocycles. The summed E-state index contributed by atoms with van der Waals surface area (Å²) in [5.74, 6) is 0.0396. The molecule has 0 bridgehead atoms. The first kappa shape index (κ1) is 36.5. The van der Waals surface area contributed by atoms with Gasteiger partial charge in [-0.3, -0.25) is 9.69 Å². The van der Waals surface area contributed by atoms with E-state index in [2.05, 4.69) is 4.90 Å². The van der Waals surface area contributed by atoms with E-state index < -0.39 is 44.2 Å². The Labute approximate surface area is 287 Å². The quantitative estimate of drug-likeness (QED) is 0.292. The molecule has 0 unspecified atom stereocenters. The molecule has 2 aromatic rings. The van der Waals surface area contributed by atoms with Gasteiger partial charge in [0.2, 0.25) is 5.91 Å². The molecule has 0 atom stereocenters. The van der Waals surface area contributed by atoms with Crippen LogP contribution in [-0.4, -0.2) is 85.2 Å². The van der Waals surface area contributed by atoms with Crippen LogP contribution in [0.1, 0.15) is 68.1 Å². The number of nitrogens with zero attached hydrogens (tertiary/aromatic N) is 3. The zero-order chi connectivity index (χ0) is 35.9. The van der Waals surface area contributed by atoms with E-state index in [1.54, 1.807) is 9.80 Å². The van der Waals surface area contributed by atoms with Crippen molar-refractivity contribution in [3.8, 4) is 0 Å². The fourth-order valence-corrected chi connectivity index (χ4v) is 9.58. The summed E-state index contributed by atoms with van der Waals surface area (Å²) in [6.45, 7) is 3.42. The van der Waals surface area contributed by atoms with E-state index in [0.29, 0.717) is 58.4 Å². The standard InChI is InChI=1S/C35H41F6N3O5S/c36-34(37,38)27-7-3-24(4-8-27)21-42-19-15-33(16-20-42)23-44(32(46)49-33)22-25-1-5-26(6-2-25)31(45)43-17-13-30(14-18-43)50(47,48)29-11-9-28(10-12-29)35(39,40)41/h3-4,7-12,25-26,30H,1-2,5-6,13-23H2. The first-order valence-corrected chi connectivity index (χ1v) is 18.6. The number of alkyl halides is 6. The highest BCUT2D eigenvalue weighted by Gasteiger charge is 2.47. The van der Waals surface area contributed by atoms with Crippen LogP contribution in [0.3, 0.4) is 0 Å². The Kier molecular flexibility index (Phi) is 10.2. The third-order valence-electron chi connectivity index (χ3n) is 10.9. The van der Waals surface area contributed by atoms with Crippen molar-refractivity contribution in [3.05, 3.63) is 65.2 Å². The van der Waals surface area contributed by atoms with E-state index in [4.69, 9.17) is 4.74 Å². The highest BCUT2D eigenvalue weighted by molar-refractivity contribution is 7.92. The van der Waals surface area contributed by atoms with Gasteiger partial charge in [-0.2, -0.15) is 26.3 Å². The maximum Gasteiger partial charge on any atom is 0.416 e. The van der Waals surface area contributed by atoms with Gasteiger partial charge in [0.15, 0.2) is 9.84 Å². The van der Waals surface area contributed by atoms with Crippen molar-refractivity contribution in [2.45, 2.75) is 86.0 Å². The summed E-state index contributed by atoms with van der Waals surface area (Å²) in [6, 6.07) is 8.71. The van der Waals surface area contributed by atoms with Crippen LogP contribution in [0.15, 0.2) is 53.4 Å². The number of hydrogen-bond donors (Lipinski definition) is 0. The Morgan fingerprint density at radius 2 is 1.32 bits per heavy atom. The van der Waals surface area contributed by atoms with Crippen molar-refractivity contribution in [3.63, 3.8) is 0 Å². The summed E-state index contributed by atoms with van der Waals surface area (Å²) in [4.78, 5) is 31.7. The molecule has 274 valence electrons. The molecule has 0 aromatic heterocycles. The summed E-state index contributed by atoms with van der Waals surface area (Å²) < 4.78 is 109. The van der Waals surface area contributed by atoms with Gasteiger partial charge in [0.05, 0.1) is 27.8 Å². The Morgan fingerprint density at radius 1 is 0.780 bits per heavy atom. The number of amides is 2. The average Bonchev–Trinajstić information content (AvgIpc) is 3.38. The summed E-state index contributed by atoms with van der Waals surface area (Å²) in [5, 5.41) is -0.770. The topological polar surface area (TPSA) is 87.2 Å². The third-order valence-corrected chi connectivity index (χ3v) is 13.2. The molecule has 3 heterocycles. The second-order valence-corrected chi connectivity index (χ2v) is 16.4. The maximum absolute atomic E-state index is 13.3. The van der Waals surface area contributed by atoms with Gasteiger partial charge in [0.1, 0.15) is 5.60 Å². The zero-order valence-electron chi connectivity index (χ0n) is 27.5. The van der Waals surface area contributed by atoms with E-state index in [1.807, 2.05) is 0 Å². The minimum absolute atomic E-state index is 0.00332. The molecule has 15 heteroatoms. The number of carbonyl (C=O) groups excluding carboxylic acids is 2. The number of benzene rings is 2. The zero-order valence-corrected chi connectivity index (χ0v) is 28.3. The number of carbonyl (C=O) groups is 2. The van der Waals surface area contributed by atoms with Crippen molar-refractivity contribution in [2.75, 3.05) is 39.3 Å². The highest BCUT2D eigenvalue weighted by atomic mass is 32.2. The van der Waals surface area contributed by atoms with Crippen molar-refractivity contribution in [2.24, 2.45) is 11.8 Å². The molecular weight excluding hydrogens is 688 g/mol. The number of sulfone groups is 1. The summed E-state index contributed by atoms with van der Waals surface area (Å²) >= 11 is 0. The maximum atomic E-state index is 13.3. The Bertz CT molecular complexity index is 1620. The first-order chi connectivity index (χ1) is 23.5. The summed E-state index contributed by atoms with van der Waals surface area (Å²) in [5.41, 5.74) is -1.37. The second kappa shape index (κ2) is 14.0. The summed E-state index contributed by atoms with van der Waals surface area (Å²) in [6.07, 6.45) is -4.68. The molecule has 0 N–H and O–H groups in total. The molecule has 2 aromatic carbocycles. The minimum Gasteiger partial charge on any atom is -0.441 e. The molecule has 1 saturated carbocycles. The van der Waals surface area contributed by atoms with Gasteiger partial charge >= 0.3 is 18.4 Å². The number of piperidine rings is 2. The van der Waals surface area contributed by atoms with Crippen molar-refractivity contribution < 1.29 is 49.1 Å². The van der Waals surface area contributed by atoms with E-state index in [-0.39, 0.29) is 54.7 Å². The lowest BCUT2D eigenvalue weighted by Crippen LogP contribution is -2.47. The Hall–Kier alpha value is -3.33. The second-order valence-electron chi connectivity index (χ2n) is 14.2. The molecule has 1 aliphatic carbocycles. The van der Waals surface area contributed by atoms with E-state index in [1.165, 1.54) is 12.1 Å². The number of ether oxygens (including phenoxy) is 1. The lowest BCUT2D eigenvalue weighted by molar-refractivity contribution is -0.138. The van der Waals surface area contributed by atoms with Crippen LogP contribution in [-0.2, 0) is 38.3 Å². The van der Waals surface area contributed by atoms with Gasteiger partial charge in [-0.1, -0.05) is 12.1 Å². The molecule has 4 aliphatic rings. The SMILES string of the molecule is O=C1OC2(CCN(Cc3ccc(C(F)(F)F)cc3)CC2)CN1CC1CCC(C(=O)N2CCC(S(=O)(=O)c3ccc(C(F)(F)F)cc3)CC2)CC1. The Morgan fingerprint density at radius 3 is 1.86 bits per heavy atom. The van der Waals surface area contributed by atoms with Gasteiger partial charge in [-0.05, 0) is 86.4 Å². The normalized spacial score (nSPS) is 24.1. The molecule has 3 saturated heterocycles. The van der Waals surface area contributed by atoms with Crippen LogP contribution in [0.25, 0.3) is 0 Å². The smallest absolute Gasteiger partial charge is 0.416 e. The number of rotatable bonds is 7. The summed E-state index contributed by atoms with van der Waals surface area (Å²) in [7, 11) is -3.83. The molecule has 4 fully saturated rings. The largest absolute Gasteiger partial charge is 0.441 e. The molecule has 50 heavy (non-hydrogen) atoms. The molecular formula is C35H41F6N3O5S. The molecule has 8 nitrogen and oxygen atoms in total. The van der Waals surface area contributed by atoms with Gasteiger partial charge in [-0.15, -0.1) is 0 Å². The molecule has 2 amide bonds. The first-order valence-electron chi connectivity index (χ1n) is 17.1. The van der Waals surface area contributed by atoms with E-state index in [0.717, 1.165) is 54.8 Å². The van der Waals surface area contributed by atoms with E-state index in [9.17, 15) is 44.3 Å². The minimum atomic E-state index is -4.55. The van der Waals surface area contributed by atoms with Crippen LogP contribution < -0.4 is 0 Å². The van der Waals surface area contributed by atoms with Gasteiger partial charge in [-0.25, -0.2) is 13.2 Å². The third kappa shape index (κ3) is 8.08. The average molecular weight is 730 g/mol. The number of hydrogen-bond acceptors (Lipinski definition) is 6. The number of halogens is 6. The van der Waals surface area contributed by atoms with Crippen LogP contribution in [0.4, 0.5) is 31.1 Å². The van der Waals surface area contributed by atoms with Crippen molar-refractivity contribution >= 4 is 21.8 Å².